The number of aliphatic hydroxyl groups is 1. The number of aliphatic hydroxyl groups excluding tert-OH is 1. The molecular weight excluding hydrogens is 156 g/mol. The van der Waals surface area contributed by atoms with E-state index >= 15 is 0 Å². The Hall–Kier alpha value is -1.09. The van der Waals surface area contributed by atoms with Crippen LogP contribution in [0, 0.1) is 11.8 Å². The maximum atomic E-state index is 11.3. The fourth-order valence-electron chi connectivity index (χ4n) is 2.34. The van der Waals surface area contributed by atoms with Crippen molar-refractivity contribution in [3.05, 3.63) is 24.0 Å². The van der Waals surface area contributed by atoms with E-state index < -0.39 is 0 Å². The standard InChI is InChI=1S/C9H8O3/c10-4-3-5(11)9-7-2-1-6(12-7)8(4)9/h1-3,6-10H/t6-,7+,8-,9+/m1/s1. The second kappa shape index (κ2) is 1.80. The SMILES string of the molecule is O=C1C=C(O)[C@H]2[C@@H]1[C@@H]1C=C[C@H]2O1. The summed E-state index contributed by atoms with van der Waals surface area (Å²) in [7, 11) is 0. The molecule has 62 valence electrons. The predicted octanol–water partition coefficient (Wildman–Crippen LogP) is 0.581. The van der Waals surface area contributed by atoms with Crippen LogP contribution in [-0.4, -0.2) is 23.1 Å². The van der Waals surface area contributed by atoms with Gasteiger partial charge in [-0.3, -0.25) is 4.79 Å². The number of ketones is 1. The van der Waals surface area contributed by atoms with E-state index in [9.17, 15) is 9.90 Å². The quantitative estimate of drug-likeness (QED) is 0.533. The fraction of sp³-hybridized carbons (Fsp3) is 0.444. The Morgan fingerprint density at radius 2 is 1.92 bits per heavy atom. The maximum absolute atomic E-state index is 11.3. The zero-order chi connectivity index (χ0) is 8.29. The van der Waals surface area contributed by atoms with Gasteiger partial charge in [-0.2, -0.15) is 0 Å². The molecule has 1 saturated heterocycles. The minimum absolute atomic E-state index is 0.00866. The molecule has 3 nitrogen and oxygen atoms in total. The molecule has 3 rings (SSSR count). The first-order chi connectivity index (χ1) is 5.77. The summed E-state index contributed by atoms with van der Waals surface area (Å²) in [6.07, 6.45) is 5.02. The van der Waals surface area contributed by atoms with E-state index in [-0.39, 0.29) is 35.6 Å². The van der Waals surface area contributed by atoms with E-state index in [2.05, 4.69) is 0 Å². The average molecular weight is 164 g/mol. The van der Waals surface area contributed by atoms with Gasteiger partial charge in [0.2, 0.25) is 0 Å². The first-order valence-electron chi connectivity index (χ1n) is 4.05. The van der Waals surface area contributed by atoms with Crippen molar-refractivity contribution in [1.82, 2.24) is 0 Å². The van der Waals surface area contributed by atoms with Gasteiger partial charge in [0.05, 0.1) is 24.0 Å². The van der Waals surface area contributed by atoms with Gasteiger partial charge in [-0.15, -0.1) is 0 Å². The molecular formula is C9H8O3. The van der Waals surface area contributed by atoms with Crippen molar-refractivity contribution in [2.75, 3.05) is 0 Å². The van der Waals surface area contributed by atoms with Crippen molar-refractivity contribution < 1.29 is 14.6 Å². The smallest absolute Gasteiger partial charge is 0.165 e. The minimum atomic E-state index is -0.139. The Morgan fingerprint density at radius 1 is 1.25 bits per heavy atom. The lowest BCUT2D eigenvalue weighted by atomic mass is 9.84. The molecule has 0 radical (unpaired) electrons. The monoisotopic (exact) mass is 164 g/mol. The molecule has 12 heavy (non-hydrogen) atoms. The summed E-state index contributed by atoms with van der Waals surface area (Å²) in [5.41, 5.74) is 0. The number of allylic oxidation sites excluding steroid dienone is 1. The molecule has 2 bridgehead atoms. The first-order valence-corrected chi connectivity index (χ1v) is 4.05. The van der Waals surface area contributed by atoms with Crippen LogP contribution in [-0.2, 0) is 9.53 Å². The van der Waals surface area contributed by atoms with Crippen LogP contribution in [0.15, 0.2) is 24.0 Å². The van der Waals surface area contributed by atoms with Gasteiger partial charge >= 0.3 is 0 Å². The first kappa shape index (κ1) is 6.43. The second-order valence-corrected chi connectivity index (χ2v) is 3.47. The summed E-state index contributed by atoms with van der Waals surface area (Å²) in [5.74, 6) is -0.0244. The number of hydrogen-bond donors (Lipinski definition) is 1. The van der Waals surface area contributed by atoms with Gasteiger partial charge in [0.25, 0.3) is 0 Å². The van der Waals surface area contributed by atoms with Crippen LogP contribution in [0.2, 0.25) is 0 Å². The number of hydrogen-bond acceptors (Lipinski definition) is 3. The van der Waals surface area contributed by atoms with E-state index in [0.29, 0.717) is 0 Å². The van der Waals surface area contributed by atoms with Crippen LogP contribution in [0.1, 0.15) is 0 Å². The molecule has 0 aromatic rings. The van der Waals surface area contributed by atoms with Crippen molar-refractivity contribution >= 4 is 5.78 Å². The van der Waals surface area contributed by atoms with Gasteiger partial charge < -0.3 is 9.84 Å². The number of carbonyl (C=O) groups is 1. The molecule has 1 aliphatic carbocycles. The zero-order valence-corrected chi connectivity index (χ0v) is 6.31. The second-order valence-electron chi connectivity index (χ2n) is 3.47. The van der Waals surface area contributed by atoms with Gasteiger partial charge in [0.15, 0.2) is 5.78 Å². The Labute approximate surface area is 69.3 Å². The third-order valence-electron chi connectivity index (χ3n) is 2.86. The Bertz CT molecular complexity index is 316. The van der Waals surface area contributed by atoms with Crippen molar-refractivity contribution in [2.45, 2.75) is 12.2 Å². The highest BCUT2D eigenvalue weighted by Gasteiger charge is 2.53. The summed E-state index contributed by atoms with van der Waals surface area (Å²) >= 11 is 0. The normalized spacial score (nSPS) is 48.3. The van der Waals surface area contributed by atoms with Crippen molar-refractivity contribution in [1.29, 1.82) is 0 Å². The summed E-state index contributed by atoms with van der Waals surface area (Å²) in [6, 6.07) is 0. The number of rotatable bonds is 0. The highest BCUT2D eigenvalue weighted by molar-refractivity contribution is 5.96. The Balaban J connectivity index is 2.09. The Kier molecular flexibility index (Phi) is 0.964. The topological polar surface area (TPSA) is 46.5 Å². The van der Waals surface area contributed by atoms with Crippen LogP contribution >= 0.6 is 0 Å². The highest BCUT2D eigenvalue weighted by Crippen LogP contribution is 2.46. The van der Waals surface area contributed by atoms with Crippen molar-refractivity contribution in [3.8, 4) is 0 Å². The fourth-order valence-corrected chi connectivity index (χ4v) is 2.34. The van der Waals surface area contributed by atoms with Gasteiger partial charge in [0.1, 0.15) is 5.76 Å². The molecule has 0 aromatic heterocycles. The summed E-state index contributed by atoms with van der Waals surface area (Å²) < 4.78 is 5.45. The number of ether oxygens (including phenoxy) is 1. The van der Waals surface area contributed by atoms with Gasteiger partial charge in [-0.25, -0.2) is 0 Å². The van der Waals surface area contributed by atoms with Crippen LogP contribution in [0.4, 0.5) is 0 Å². The Morgan fingerprint density at radius 3 is 2.58 bits per heavy atom. The molecule has 1 N–H and O–H groups in total. The largest absolute Gasteiger partial charge is 0.512 e. The summed E-state index contributed by atoms with van der Waals surface area (Å²) in [4.78, 5) is 11.3. The maximum Gasteiger partial charge on any atom is 0.165 e. The molecule has 2 aliphatic heterocycles. The van der Waals surface area contributed by atoms with Crippen LogP contribution in [0.5, 0.6) is 0 Å². The molecule has 1 fully saturated rings. The number of carbonyl (C=O) groups excluding carboxylic acids is 1. The van der Waals surface area contributed by atoms with Crippen molar-refractivity contribution in [2.24, 2.45) is 11.8 Å². The van der Waals surface area contributed by atoms with Gasteiger partial charge in [-0.05, 0) is 0 Å². The average Bonchev–Trinajstić information content (AvgIpc) is 2.64. The lowest BCUT2D eigenvalue weighted by Gasteiger charge is -2.15. The van der Waals surface area contributed by atoms with Crippen LogP contribution in [0.25, 0.3) is 0 Å². The van der Waals surface area contributed by atoms with Crippen molar-refractivity contribution in [3.63, 3.8) is 0 Å². The van der Waals surface area contributed by atoms with E-state index in [0.717, 1.165) is 0 Å². The van der Waals surface area contributed by atoms with E-state index in [4.69, 9.17) is 4.74 Å². The molecule has 2 heterocycles. The van der Waals surface area contributed by atoms with E-state index in [1.807, 2.05) is 12.2 Å². The van der Waals surface area contributed by atoms with Crippen LogP contribution < -0.4 is 0 Å². The van der Waals surface area contributed by atoms with Gasteiger partial charge in [0, 0.05) is 6.08 Å². The molecule has 3 heteroatoms. The molecule has 0 saturated carbocycles. The molecule has 0 spiro atoms. The third kappa shape index (κ3) is 0.547. The van der Waals surface area contributed by atoms with E-state index in [1.54, 1.807) is 0 Å². The zero-order valence-electron chi connectivity index (χ0n) is 6.31. The third-order valence-corrected chi connectivity index (χ3v) is 2.86. The highest BCUT2D eigenvalue weighted by atomic mass is 16.5. The summed E-state index contributed by atoms with van der Waals surface area (Å²) in [5, 5.41) is 9.42. The number of fused-ring (bicyclic) bond motifs is 5. The summed E-state index contributed by atoms with van der Waals surface area (Å²) in [6.45, 7) is 0. The minimum Gasteiger partial charge on any atom is -0.512 e. The molecule has 3 aliphatic rings. The molecule has 4 atom stereocenters. The molecule has 0 amide bonds. The van der Waals surface area contributed by atoms with Gasteiger partial charge in [-0.1, -0.05) is 12.2 Å². The molecule has 0 unspecified atom stereocenters. The predicted molar refractivity (Wildman–Crippen MR) is 40.5 cm³/mol. The lowest BCUT2D eigenvalue weighted by Crippen LogP contribution is -2.25. The molecule has 0 aromatic carbocycles. The van der Waals surface area contributed by atoms with Crippen LogP contribution in [0.3, 0.4) is 0 Å². The lowest BCUT2D eigenvalue weighted by molar-refractivity contribution is -0.118. The van der Waals surface area contributed by atoms with E-state index in [1.165, 1.54) is 6.08 Å².